The van der Waals surface area contributed by atoms with E-state index in [0.717, 1.165) is 16.3 Å². The van der Waals surface area contributed by atoms with E-state index in [-0.39, 0.29) is 6.61 Å². The summed E-state index contributed by atoms with van der Waals surface area (Å²) in [5, 5.41) is 4.01. The summed E-state index contributed by atoms with van der Waals surface area (Å²) in [6.07, 6.45) is 0. The first kappa shape index (κ1) is 14.2. The Kier molecular flexibility index (Phi) is 4.85. The average molecular weight is 291 g/mol. The molecule has 4 nitrogen and oxygen atoms in total. The Hall–Kier alpha value is -2.20. The number of anilines is 1. The predicted octanol–water partition coefficient (Wildman–Crippen LogP) is 2.82. The van der Waals surface area contributed by atoms with Crippen LogP contribution in [0.25, 0.3) is 0 Å². The maximum absolute atomic E-state index is 10.6. The van der Waals surface area contributed by atoms with Crippen LogP contribution in [0, 0.1) is 0 Å². The van der Waals surface area contributed by atoms with Crippen LogP contribution < -0.4 is 15.8 Å². The van der Waals surface area contributed by atoms with Gasteiger partial charge in [-0.3, -0.25) is 4.79 Å². The van der Waals surface area contributed by atoms with Gasteiger partial charge in [-0.25, -0.2) is 0 Å². The molecule has 5 heteroatoms. The molecule has 0 heterocycles. The van der Waals surface area contributed by atoms with Gasteiger partial charge in [-0.2, -0.15) is 0 Å². The number of ether oxygens (including phenoxy) is 1. The summed E-state index contributed by atoms with van der Waals surface area (Å²) < 4.78 is 5.18. The van der Waals surface area contributed by atoms with Crippen LogP contribution in [0.1, 0.15) is 5.56 Å². The van der Waals surface area contributed by atoms with Crippen molar-refractivity contribution in [2.45, 2.75) is 6.54 Å². The predicted molar refractivity (Wildman–Crippen MR) is 79.9 cm³/mol. The zero-order valence-corrected chi connectivity index (χ0v) is 11.6. The Morgan fingerprint density at radius 2 is 1.75 bits per heavy atom. The Labute approximate surface area is 122 Å². The van der Waals surface area contributed by atoms with Crippen LogP contribution in [-0.4, -0.2) is 12.5 Å². The molecule has 1 amide bonds. The summed E-state index contributed by atoms with van der Waals surface area (Å²) in [5.41, 5.74) is 7.11. The molecule has 0 saturated heterocycles. The molecule has 0 saturated carbocycles. The van der Waals surface area contributed by atoms with Gasteiger partial charge in [-0.05, 0) is 42.0 Å². The van der Waals surface area contributed by atoms with E-state index in [2.05, 4.69) is 5.32 Å². The van der Waals surface area contributed by atoms with Gasteiger partial charge in [0.25, 0.3) is 5.91 Å². The van der Waals surface area contributed by atoms with Gasteiger partial charge in [0.15, 0.2) is 6.61 Å². The number of halogens is 1. The molecule has 0 radical (unpaired) electrons. The molecule has 2 aromatic rings. The number of primary amides is 1. The smallest absolute Gasteiger partial charge is 0.255 e. The molecule has 0 fully saturated rings. The van der Waals surface area contributed by atoms with Crippen LogP contribution in [0.4, 0.5) is 5.69 Å². The molecule has 3 N–H and O–H groups in total. The van der Waals surface area contributed by atoms with Gasteiger partial charge in [-0.1, -0.05) is 23.7 Å². The number of carbonyl (C=O) groups excluding carboxylic acids is 1. The van der Waals surface area contributed by atoms with Crippen LogP contribution in [0.3, 0.4) is 0 Å². The van der Waals surface area contributed by atoms with Gasteiger partial charge < -0.3 is 15.8 Å². The van der Waals surface area contributed by atoms with E-state index >= 15 is 0 Å². The van der Waals surface area contributed by atoms with Crippen molar-refractivity contribution in [1.82, 2.24) is 0 Å². The fraction of sp³-hybridized carbons (Fsp3) is 0.133. The second-order valence-corrected chi connectivity index (χ2v) is 4.70. The van der Waals surface area contributed by atoms with E-state index in [4.69, 9.17) is 22.1 Å². The molecule has 0 spiro atoms. The van der Waals surface area contributed by atoms with Gasteiger partial charge in [-0.15, -0.1) is 0 Å². The minimum absolute atomic E-state index is 0.114. The highest BCUT2D eigenvalue weighted by Gasteiger charge is 1.98. The lowest BCUT2D eigenvalue weighted by Crippen LogP contribution is -2.19. The van der Waals surface area contributed by atoms with Gasteiger partial charge in [0.05, 0.1) is 0 Å². The SMILES string of the molecule is NC(=O)COc1ccc(NCc2ccc(Cl)cc2)cc1. The van der Waals surface area contributed by atoms with E-state index < -0.39 is 5.91 Å². The second kappa shape index (κ2) is 6.82. The molecule has 2 rings (SSSR count). The highest BCUT2D eigenvalue weighted by Crippen LogP contribution is 2.17. The maximum atomic E-state index is 10.6. The van der Waals surface area contributed by atoms with Crippen molar-refractivity contribution in [1.29, 1.82) is 0 Å². The summed E-state index contributed by atoms with van der Waals surface area (Å²) in [5.74, 6) is 0.121. The van der Waals surface area contributed by atoms with E-state index in [9.17, 15) is 4.79 Å². The largest absolute Gasteiger partial charge is 0.484 e. The van der Waals surface area contributed by atoms with Crippen molar-refractivity contribution in [2.75, 3.05) is 11.9 Å². The molecule has 0 bridgehead atoms. The highest BCUT2D eigenvalue weighted by atomic mass is 35.5. The standard InChI is InChI=1S/C15H15ClN2O2/c16-12-3-1-11(2-4-12)9-18-13-5-7-14(8-6-13)20-10-15(17)19/h1-8,18H,9-10H2,(H2,17,19). The van der Waals surface area contributed by atoms with Crippen LogP contribution in [0.5, 0.6) is 5.75 Å². The zero-order chi connectivity index (χ0) is 14.4. The van der Waals surface area contributed by atoms with Gasteiger partial charge >= 0.3 is 0 Å². The molecule has 0 aliphatic heterocycles. The lowest BCUT2D eigenvalue weighted by atomic mass is 10.2. The van der Waals surface area contributed by atoms with Gasteiger partial charge in [0.2, 0.25) is 0 Å². The van der Waals surface area contributed by atoms with Crippen molar-refractivity contribution in [3.05, 3.63) is 59.1 Å². The molecular formula is C15H15ClN2O2. The number of hydrogen-bond acceptors (Lipinski definition) is 3. The van der Waals surface area contributed by atoms with E-state index in [1.807, 2.05) is 36.4 Å². The van der Waals surface area contributed by atoms with Crippen LogP contribution in [0.15, 0.2) is 48.5 Å². The monoisotopic (exact) mass is 290 g/mol. The fourth-order valence-corrected chi connectivity index (χ4v) is 1.76. The van der Waals surface area contributed by atoms with Crippen molar-refractivity contribution in [3.63, 3.8) is 0 Å². The van der Waals surface area contributed by atoms with Crippen molar-refractivity contribution >= 4 is 23.2 Å². The molecule has 104 valence electrons. The number of hydrogen-bond donors (Lipinski definition) is 2. The van der Waals surface area contributed by atoms with Crippen LogP contribution in [-0.2, 0) is 11.3 Å². The minimum Gasteiger partial charge on any atom is -0.484 e. The Morgan fingerprint density at radius 1 is 1.10 bits per heavy atom. The van der Waals surface area contributed by atoms with E-state index in [1.165, 1.54) is 0 Å². The quantitative estimate of drug-likeness (QED) is 0.860. The first-order valence-corrected chi connectivity index (χ1v) is 6.51. The first-order valence-electron chi connectivity index (χ1n) is 6.13. The normalized spacial score (nSPS) is 10.1. The van der Waals surface area contributed by atoms with Crippen LogP contribution >= 0.6 is 11.6 Å². The van der Waals surface area contributed by atoms with E-state index in [0.29, 0.717) is 12.3 Å². The number of nitrogens with one attached hydrogen (secondary N) is 1. The van der Waals surface area contributed by atoms with E-state index in [1.54, 1.807) is 12.1 Å². The zero-order valence-electron chi connectivity index (χ0n) is 10.8. The molecule has 0 aliphatic rings. The molecule has 0 atom stereocenters. The summed E-state index contributed by atoms with van der Waals surface area (Å²) in [6, 6.07) is 15.0. The molecule has 0 aliphatic carbocycles. The summed E-state index contributed by atoms with van der Waals surface area (Å²) in [4.78, 5) is 10.6. The lowest BCUT2D eigenvalue weighted by molar-refractivity contribution is -0.119. The van der Waals surface area contributed by atoms with Crippen molar-refractivity contribution in [2.24, 2.45) is 5.73 Å². The molecular weight excluding hydrogens is 276 g/mol. The number of amides is 1. The number of rotatable bonds is 6. The summed E-state index contributed by atoms with van der Waals surface area (Å²) >= 11 is 5.83. The maximum Gasteiger partial charge on any atom is 0.255 e. The third-order valence-corrected chi connectivity index (χ3v) is 2.90. The Balaban J connectivity index is 1.87. The number of nitrogens with two attached hydrogens (primary N) is 1. The Bertz CT molecular complexity index is 567. The van der Waals surface area contributed by atoms with Crippen molar-refractivity contribution in [3.8, 4) is 5.75 Å². The lowest BCUT2D eigenvalue weighted by Gasteiger charge is -2.08. The molecule has 0 aromatic heterocycles. The second-order valence-electron chi connectivity index (χ2n) is 4.26. The fourth-order valence-electron chi connectivity index (χ4n) is 1.63. The topological polar surface area (TPSA) is 64.4 Å². The minimum atomic E-state index is -0.491. The number of carbonyl (C=O) groups is 1. The van der Waals surface area contributed by atoms with Crippen LogP contribution in [0.2, 0.25) is 5.02 Å². The molecule has 20 heavy (non-hydrogen) atoms. The van der Waals surface area contributed by atoms with Crippen molar-refractivity contribution < 1.29 is 9.53 Å². The van der Waals surface area contributed by atoms with Gasteiger partial charge in [0, 0.05) is 17.3 Å². The third-order valence-electron chi connectivity index (χ3n) is 2.65. The Morgan fingerprint density at radius 3 is 2.35 bits per heavy atom. The summed E-state index contributed by atoms with van der Waals surface area (Å²) in [7, 11) is 0. The molecule has 0 unspecified atom stereocenters. The first-order chi connectivity index (χ1) is 9.63. The summed E-state index contributed by atoms with van der Waals surface area (Å²) in [6.45, 7) is 0.593. The average Bonchev–Trinajstić information content (AvgIpc) is 2.45. The number of benzene rings is 2. The molecule has 2 aromatic carbocycles. The third kappa shape index (κ3) is 4.48. The van der Waals surface area contributed by atoms with Gasteiger partial charge in [0.1, 0.15) is 5.75 Å². The highest BCUT2D eigenvalue weighted by molar-refractivity contribution is 6.30.